The van der Waals surface area contributed by atoms with Gasteiger partial charge in [0.1, 0.15) is 5.58 Å². The second kappa shape index (κ2) is 6.48. The second-order valence-corrected chi connectivity index (χ2v) is 6.51. The zero-order valence-electron chi connectivity index (χ0n) is 13.3. The van der Waals surface area contributed by atoms with Crippen LogP contribution in [0.1, 0.15) is 10.4 Å². The quantitative estimate of drug-likeness (QED) is 0.464. The van der Waals surface area contributed by atoms with E-state index >= 15 is 0 Å². The molecule has 0 fully saturated rings. The Bertz CT molecular complexity index is 1230. The van der Waals surface area contributed by atoms with E-state index in [4.69, 9.17) is 27.6 Å². The maximum atomic E-state index is 12.6. The van der Waals surface area contributed by atoms with Crippen LogP contribution in [-0.4, -0.2) is 5.91 Å². The molecule has 0 atom stereocenters. The standard InChI is InChI=1S/C20H11Cl2NO3/c21-15-6-2-1-4-12(15)20(25)23-11-8-9-13-17(10-11)26-19-14(18(13)24)5-3-7-16(19)22/h1-10H,(H,23,25). The van der Waals surface area contributed by atoms with Crippen LogP contribution >= 0.6 is 23.2 Å². The molecule has 3 aromatic carbocycles. The summed E-state index contributed by atoms with van der Waals surface area (Å²) >= 11 is 12.2. The first kappa shape index (κ1) is 16.6. The predicted octanol–water partition coefficient (Wildman–Crippen LogP) is 5.51. The largest absolute Gasteiger partial charge is 0.454 e. The van der Waals surface area contributed by atoms with Crippen molar-refractivity contribution in [2.75, 3.05) is 5.32 Å². The van der Waals surface area contributed by atoms with Gasteiger partial charge in [0, 0.05) is 11.8 Å². The fourth-order valence-corrected chi connectivity index (χ4v) is 3.20. The molecule has 4 rings (SSSR count). The average Bonchev–Trinajstić information content (AvgIpc) is 2.63. The van der Waals surface area contributed by atoms with E-state index in [1.807, 2.05) is 0 Å². The molecule has 4 aromatic rings. The summed E-state index contributed by atoms with van der Waals surface area (Å²) in [6.45, 7) is 0. The molecule has 0 saturated carbocycles. The monoisotopic (exact) mass is 383 g/mol. The lowest BCUT2D eigenvalue weighted by Gasteiger charge is -2.08. The lowest BCUT2D eigenvalue weighted by molar-refractivity contribution is 0.102. The molecule has 1 aromatic heterocycles. The highest BCUT2D eigenvalue weighted by Crippen LogP contribution is 2.27. The van der Waals surface area contributed by atoms with Crippen molar-refractivity contribution in [2.24, 2.45) is 0 Å². The van der Waals surface area contributed by atoms with Crippen molar-refractivity contribution in [3.05, 3.63) is 86.5 Å². The third-order valence-corrected chi connectivity index (χ3v) is 4.65. The highest BCUT2D eigenvalue weighted by Gasteiger charge is 2.13. The van der Waals surface area contributed by atoms with E-state index in [1.54, 1.807) is 60.7 Å². The van der Waals surface area contributed by atoms with Crippen molar-refractivity contribution in [2.45, 2.75) is 0 Å². The minimum absolute atomic E-state index is 0.173. The first-order chi connectivity index (χ1) is 12.5. The lowest BCUT2D eigenvalue weighted by atomic mass is 10.1. The Balaban J connectivity index is 1.79. The molecular weight excluding hydrogens is 373 g/mol. The molecule has 1 amide bonds. The second-order valence-electron chi connectivity index (χ2n) is 5.69. The molecule has 1 N–H and O–H groups in total. The normalized spacial score (nSPS) is 11.0. The Kier molecular flexibility index (Phi) is 4.15. The van der Waals surface area contributed by atoms with Crippen LogP contribution in [0, 0.1) is 0 Å². The van der Waals surface area contributed by atoms with Gasteiger partial charge in [-0.25, -0.2) is 0 Å². The van der Waals surface area contributed by atoms with E-state index in [-0.39, 0.29) is 11.3 Å². The maximum Gasteiger partial charge on any atom is 0.257 e. The van der Waals surface area contributed by atoms with Crippen molar-refractivity contribution in [1.82, 2.24) is 0 Å². The van der Waals surface area contributed by atoms with E-state index in [2.05, 4.69) is 5.32 Å². The SMILES string of the molecule is O=C(Nc1ccc2c(=O)c3cccc(Cl)c3oc2c1)c1ccccc1Cl. The van der Waals surface area contributed by atoms with Crippen LogP contribution in [-0.2, 0) is 0 Å². The third kappa shape index (κ3) is 2.83. The van der Waals surface area contributed by atoms with Gasteiger partial charge < -0.3 is 9.73 Å². The molecule has 4 nitrogen and oxygen atoms in total. The van der Waals surface area contributed by atoms with Gasteiger partial charge in [0.2, 0.25) is 5.43 Å². The Hall–Kier alpha value is -2.82. The zero-order valence-corrected chi connectivity index (χ0v) is 14.8. The number of fused-ring (bicyclic) bond motifs is 2. The van der Waals surface area contributed by atoms with Gasteiger partial charge in [0.15, 0.2) is 5.58 Å². The smallest absolute Gasteiger partial charge is 0.257 e. The number of hydrogen-bond donors (Lipinski definition) is 1. The number of para-hydroxylation sites is 1. The zero-order chi connectivity index (χ0) is 18.3. The number of nitrogens with one attached hydrogen (secondary N) is 1. The Morgan fingerprint density at radius 2 is 1.65 bits per heavy atom. The Labute approximate surface area is 158 Å². The molecule has 26 heavy (non-hydrogen) atoms. The van der Waals surface area contributed by atoms with Gasteiger partial charge in [0.05, 0.1) is 26.4 Å². The van der Waals surface area contributed by atoms with Crippen LogP contribution in [0.4, 0.5) is 5.69 Å². The van der Waals surface area contributed by atoms with Crippen LogP contribution in [0.3, 0.4) is 0 Å². The summed E-state index contributed by atoms with van der Waals surface area (Å²) in [5.41, 5.74) is 1.33. The van der Waals surface area contributed by atoms with Gasteiger partial charge in [-0.1, -0.05) is 41.4 Å². The number of carbonyl (C=O) groups excluding carboxylic acids is 1. The number of rotatable bonds is 2. The first-order valence-corrected chi connectivity index (χ1v) is 8.51. The molecule has 0 aliphatic carbocycles. The van der Waals surface area contributed by atoms with Gasteiger partial charge >= 0.3 is 0 Å². The molecule has 0 bridgehead atoms. The summed E-state index contributed by atoms with van der Waals surface area (Å²) in [6, 6.07) is 16.6. The van der Waals surface area contributed by atoms with Crippen molar-refractivity contribution in [1.29, 1.82) is 0 Å². The van der Waals surface area contributed by atoms with Crippen molar-refractivity contribution >= 4 is 56.7 Å². The molecular formula is C20H11Cl2NO3. The van der Waals surface area contributed by atoms with Gasteiger partial charge in [-0.3, -0.25) is 9.59 Å². The number of carbonyl (C=O) groups is 1. The van der Waals surface area contributed by atoms with Crippen LogP contribution in [0.5, 0.6) is 0 Å². The van der Waals surface area contributed by atoms with Crippen LogP contribution in [0.25, 0.3) is 21.9 Å². The van der Waals surface area contributed by atoms with E-state index in [1.165, 1.54) is 0 Å². The number of benzene rings is 3. The summed E-state index contributed by atoms with van der Waals surface area (Å²) in [7, 11) is 0. The van der Waals surface area contributed by atoms with Gasteiger partial charge in [0.25, 0.3) is 5.91 Å². The number of halogens is 2. The molecule has 0 saturated heterocycles. The number of hydrogen-bond acceptors (Lipinski definition) is 3. The topological polar surface area (TPSA) is 59.3 Å². The predicted molar refractivity (Wildman–Crippen MR) is 104 cm³/mol. The van der Waals surface area contributed by atoms with Crippen LogP contribution < -0.4 is 10.7 Å². The first-order valence-electron chi connectivity index (χ1n) is 7.75. The maximum absolute atomic E-state index is 12.6. The molecule has 0 unspecified atom stereocenters. The third-order valence-electron chi connectivity index (χ3n) is 4.03. The van der Waals surface area contributed by atoms with Gasteiger partial charge in [-0.15, -0.1) is 0 Å². The minimum Gasteiger partial charge on any atom is -0.454 e. The summed E-state index contributed by atoms with van der Waals surface area (Å²) in [5.74, 6) is -0.351. The van der Waals surface area contributed by atoms with Crippen molar-refractivity contribution < 1.29 is 9.21 Å². The molecule has 128 valence electrons. The molecule has 0 aliphatic heterocycles. The molecule has 0 spiro atoms. The van der Waals surface area contributed by atoms with E-state index < -0.39 is 0 Å². The summed E-state index contributed by atoms with van der Waals surface area (Å²) in [5, 5.41) is 4.29. The van der Waals surface area contributed by atoms with E-state index in [0.717, 1.165) is 0 Å². The molecule has 1 heterocycles. The molecule has 0 radical (unpaired) electrons. The van der Waals surface area contributed by atoms with Gasteiger partial charge in [-0.2, -0.15) is 0 Å². The number of amides is 1. The highest BCUT2D eigenvalue weighted by atomic mass is 35.5. The molecule has 6 heteroatoms. The number of anilines is 1. The summed E-state index contributed by atoms with van der Waals surface area (Å²) < 4.78 is 5.80. The Morgan fingerprint density at radius 1 is 0.885 bits per heavy atom. The fourth-order valence-electron chi connectivity index (χ4n) is 2.76. The van der Waals surface area contributed by atoms with Crippen LogP contribution in [0.2, 0.25) is 10.0 Å². The minimum atomic E-state index is -0.351. The summed E-state index contributed by atoms with van der Waals surface area (Å²) in [4.78, 5) is 25.0. The Morgan fingerprint density at radius 3 is 2.46 bits per heavy atom. The highest BCUT2D eigenvalue weighted by molar-refractivity contribution is 6.35. The summed E-state index contributed by atoms with van der Waals surface area (Å²) in [6.07, 6.45) is 0. The fraction of sp³-hybridized carbons (Fsp3) is 0. The average molecular weight is 384 g/mol. The van der Waals surface area contributed by atoms with Crippen LogP contribution in [0.15, 0.2) is 69.9 Å². The lowest BCUT2D eigenvalue weighted by Crippen LogP contribution is -2.12. The van der Waals surface area contributed by atoms with Crippen molar-refractivity contribution in [3.63, 3.8) is 0 Å². The van der Waals surface area contributed by atoms with E-state index in [0.29, 0.717) is 43.2 Å². The van der Waals surface area contributed by atoms with Gasteiger partial charge in [-0.05, 0) is 36.4 Å². The van der Waals surface area contributed by atoms with E-state index in [9.17, 15) is 9.59 Å². The van der Waals surface area contributed by atoms with Crippen molar-refractivity contribution in [3.8, 4) is 0 Å². The molecule has 0 aliphatic rings.